The standard InChI is InChI=1S/C22H23Cl2FN4O4/c23-13-9-15(24)20(26-10-13)29-7-5-22(6-8-29,11-27-21(31)32)12-33-17-3-2-16(25)19-14(17)1-4-18(30)28-19/h2-3,9-10,27H,1,4-8,11-12H2,(H,28,30)(H,31,32). The predicted molar refractivity (Wildman–Crippen MR) is 123 cm³/mol. The zero-order valence-electron chi connectivity index (χ0n) is 17.7. The Balaban J connectivity index is 1.50. The van der Waals surface area contributed by atoms with Gasteiger partial charge in [-0.05, 0) is 37.5 Å². The van der Waals surface area contributed by atoms with Crippen molar-refractivity contribution < 1.29 is 23.8 Å². The number of halogens is 3. The van der Waals surface area contributed by atoms with Crippen molar-refractivity contribution in [3.63, 3.8) is 0 Å². The number of piperidine rings is 1. The van der Waals surface area contributed by atoms with E-state index in [1.54, 1.807) is 12.1 Å². The summed E-state index contributed by atoms with van der Waals surface area (Å²) in [5.41, 5.74) is 0.290. The molecule has 0 radical (unpaired) electrons. The summed E-state index contributed by atoms with van der Waals surface area (Å²) in [7, 11) is 0. The van der Waals surface area contributed by atoms with Crippen molar-refractivity contribution in [3.05, 3.63) is 45.8 Å². The van der Waals surface area contributed by atoms with E-state index in [0.717, 1.165) is 0 Å². The number of hydrogen-bond acceptors (Lipinski definition) is 5. The van der Waals surface area contributed by atoms with Crippen LogP contribution in [0.25, 0.3) is 0 Å². The van der Waals surface area contributed by atoms with Crippen LogP contribution in [-0.4, -0.2) is 48.3 Å². The summed E-state index contributed by atoms with van der Waals surface area (Å²) in [6, 6.07) is 4.45. The first-order valence-electron chi connectivity index (χ1n) is 10.5. The zero-order chi connectivity index (χ0) is 23.6. The Kier molecular flexibility index (Phi) is 6.81. The normalized spacial score (nSPS) is 17.2. The molecule has 11 heteroatoms. The first-order chi connectivity index (χ1) is 15.8. The Hall–Kier alpha value is -2.78. The molecule has 0 atom stereocenters. The van der Waals surface area contributed by atoms with Crippen LogP contribution in [0, 0.1) is 11.2 Å². The molecule has 33 heavy (non-hydrogen) atoms. The maximum atomic E-state index is 14.2. The lowest BCUT2D eigenvalue weighted by atomic mass is 9.79. The van der Waals surface area contributed by atoms with Crippen LogP contribution in [0.1, 0.15) is 24.8 Å². The molecule has 8 nitrogen and oxygen atoms in total. The number of nitrogens with zero attached hydrogens (tertiary/aromatic N) is 2. The minimum atomic E-state index is -1.11. The molecule has 0 aliphatic carbocycles. The van der Waals surface area contributed by atoms with Gasteiger partial charge in [0, 0.05) is 43.2 Å². The van der Waals surface area contributed by atoms with Gasteiger partial charge in [-0.3, -0.25) is 4.79 Å². The molecule has 3 N–H and O–H groups in total. The number of carbonyl (C=O) groups is 2. The molecular formula is C22H23Cl2FN4O4. The van der Waals surface area contributed by atoms with Gasteiger partial charge < -0.3 is 25.4 Å². The topological polar surface area (TPSA) is 104 Å². The van der Waals surface area contributed by atoms with Gasteiger partial charge in [-0.1, -0.05) is 23.2 Å². The lowest BCUT2D eigenvalue weighted by Gasteiger charge is -2.42. The summed E-state index contributed by atoms with van der Waals surface area (Å²) >= 11 is 12.3. The molecule has 2 aliphatic heterocycles. The molecule has 1 fully saturated rings. The number of amides is 2. The maximum absolute atomic E-state index is 14.2. The maximum Gasteiger partial charge on any atom is 0.404 e. The molecule has 0 bridgehead atoms. The van der Waals surface area contributed by atoms with Crippen molar-refractivity contribution in [2.24, 2.45) is 5.41 Å². The number of ether oxygens (including phenoxy) is 1. The molecule has 176 valence electrons. The molecule has 4 rings (SSSR count). The Morgan fingerprint density at radius 1 is 1.30 bits per heavy atom. The monoisotopic (exact) mass is 496 g/mol. The fourth-order valence-corrected chi connectivity index (χ4v) is 4.76. The van der Waals surface area contributed by atoms with Gasteiger partial charge in [-0.2, -0.15) is 0 Å². The average Bonchev–Trinajstić information content (AvgIpc) is 2.78. The number of hydrogen-bond donors (Lipinski definition) is 3. The second-order valence-corrected chi connectivity index (χ2v) is 9.18. The molecule has 2 aromatic rings. The van der Waals surface area contributed by atoms with E-state index >= 15 is 0 Å². The number of rotatable bonds is 6. The minimum absolute atomic E-state index is 0.153. The largest absolute Gasteiger partial charge is 0.493 e. The van der Waals surface area contributed by atoms with E-state index in [1.165, 1.54) is 12.3 Å². The van der Waals surface area contributed by atoms with Crippen molar-refractivity contribution in [2.45, 2.75) is 25.7 Å². The van der Waals surface area contributed by atoms with Crippen molar-refractivity contribution in [3.8, 4) is 5.75 Å². The van der Waals surface area contributed by atoms with Crippen molar-refractivity contribution in [1.82, 2.24) is 10.3 Å². The summed E-state index contributed by atoms with van der Waals surface area (Å²) < 4.78 is 20.3. The Bertz CT molecular complexity index is 1080. The number of benzene rings is 1. The highest BCUT2D eigenvalue weighted by Crippen LogP contribution is 2.38. The number of nitrogens with one attached hydrogen (secondary N) is 2. The highest BCUT2D eigenvalue weighted by Gasteiger charge is 2.37. The molecule has 1 aromatic carbocycles. The van der Waals surface area contributed by atoms with Crippen LogP contribution in [0.5, 0.6) is 5.75 Å². The molecule has 2 amide bonds. The molecular weight excluding hydrogens is 474 g/mol. The smallest absolute Gasteiger partial charge is 0.404 e. The molecule has 1 saturated heterocycles. The molecule has 0 spiro atoms. The van der Waals surface area contributed by atoms with E-state index in [1.807, 2.05) is 4.90 Å². The minimum Gasteiger partial charge on any atom is -0.493 e. The first-order valence-corrected chi connectivity index (χ1v) is 11.3. The fraction of sp³-hybridized carbons (Fsp3) is 0.409. The third-order valence-corrected chi connectivity index (χ3v) is 6.63. The van der Waals surface area contributed by atoms with E-state index < -0.39 is 17.3 Å². The third kappa shape index (κ3) is 5.25. The van der Waals surface area contributed by atoms with Crippen LogP contribution in [-0.2, 0) is 11.2 Å². The second kappa shape index (κ2) is 9.61. The lowest BCUT2D eigenvalue weighted by molar-refractivity contribution is -0.116. The SMILES string of the molecule is O=C(O)NCC1(COc2ccc(F)c3c2CCC(=O)N3)CCN(c2ncc(Cl)cc2Cl)CC1. The third-order valence-electron chi connectivity index (χ3n) is 6.15. The van der Waals surface area contributed by atoms with Gasteiger partial charge in [-0.25, -0.2) is 14.2 Å². The highest BCUT2D eigenvalue weighted by molar-refractivity contribution is 6.36. The summed E-state index contributed by atoms with van der Waals surface area (Å²) in [5, 5.41) is 15.1. The molecule has 1 aromatic heterocycles. The van der Waals surface area contributed by atoms with Gasteiger partial charge in [0.25, 0.3) is 0 Å². The van der Waals surface area contributed by atoms with Crippen LogP contribution in [0.4, 0.5) is 20.7 Å². The summed E-state index contributed by atoms with van der Waals surface area (Å²) in [4.78, 5) is 29.2. The van der Waals surface area contributed by atoms with E-state index in [-0.39, 0.29) is 31.2 Å². The number of fused-ring (bicyclic) bond motifs is 1. The Morgan fingerprint density at radius 3 is 2.76 bits per heavy atom. The average molecular weight is 497 g/mol. The van der Waals surface area contributed by atoms with Gasteiger partial charge in [0.2, 0.25) is 5.91 Å². The van der Waals surface area contributed by atoms with E-state index in [0.29, 0.717) is 59.5 Å². The van der Waals surface area contributed by atoms with E-state index in [4.69, 9.17) is 33.0 Å². The van der Waals surface area contributed by atoms with Gasteiger partial charge in [0.1, 0.15) is 17.4 Å². The number of carboxylic acid groups (broad SMARTS) is 1. The predicted octanol–water partition coefficient (Wildman–Crippen LogP) is 4.35. The van der Waals surface area contributed by atoms with Crippen LogP contribution in [0.15, 0.2) is 24.4 Å². The van der Waals surface area contributed by atoms with Gasteiger partial charge >= 0.3 is 6.09 Å². The quantitative estimate of drug-likeness (QED) is 0.549. The number of carbonyl (C=O) groups excluding carboxylic acids is 1. The first kappa shape index (κ1) is 23.4. The van der Waals surface area contributed by atoms with Crippen molar-refractivity contribution >= 4 is 46.7 Å². The summed E-state index contributed by atoms with van der Waals surface area (Å²) in [6.07, 6.45) is 2.30. The highest BCUT2D eigenvalue weighted by atomic mass is 35.5. The van der Waals surface area contributed by atoms with E-state index in [2.05, 4.69) is 15.6 Å². The number of pyridine rings is 1. The zero-order valence-corrected chi connectivity index (χ0v) is 19.2. The van der Waals surface area contributed by atoms with Gasteiger partial charge in [0.05, 0.1) is 22.3 Å². The van der Waals surface area contributed by atoms with Crippen molar-refractivity contribution in [2.75, 3.05) is 36.5 Å². The van der Waals surface area contributed by atoms with Gasteiger partial charge in [0.15, 0.2) is 0 Å². The van der Waals surface area contributed by atoms with Crippen LogP contribution in [0.3, 0.4) is 0 Å². The van der Waals surface area contributed by atoms with Crippen LogP contribution in [0.2, 0.25) is 10.0 Å². The molecule has 0 unspecified atom stereocenters. The van der Waals surface area contributed by atoms with Crippen LogP contribution >= 0.6 is 23.2 Å². The molecule has 2 aliphatic rings. The lowest BCUT2D eigenvalue weighted by Crippen LogP contribution is -2.49. The summed E-state index contributed by atoms with van der Waals surface area (Å²) in [6.45, 7) is 1.63. The van der Waals surface area contributed by atoms with E-state index in [9.17, 15) is 14.0 Å². The Morgan fingerprint density at radius 2 is 2.06 bits per heavy atom. The summed E-state index contributed by atoms with van der Waals surface area (Å²) in [5.74, 6) is 0.381. The Labute approximate surface area is 200 Å². The number of aromatic nitrogens is 1. The fourth-order valence-electron chi connectivity index (χ4n) is 4.26. The molecule has 3 heterocycles. The van der Waals surface area contributed by atoms with Crippen LogP contribution < -0.4 is 20.3 Å². The molecule has 0 saturated carbocycles. The second-order valence-electron chi connectivity index (χ2n) is 8.34. The number of anilines is 2. The van der Waals surface area contributed by atoms with Crippen molar-refractivity contribution in [1.29, 1.82) is 0 Å². The van der Waals surface area contributed by atoms with Gasteiger partial charge in [-0.15, -0.1) is 0 Å².